The fourth-order valence-corrected chi connectivity index (χ4v) is 3.38. The van der Waals surface area contributed by atoms with Crippen LogP contribution in [0.5, 0.6) is 0 Å². The van der Waals surface area contributed by atoms with Crippen LogP contribution >= 0.6 is 27.3 Å². The van der Waals surface area contributed by atoms with Gasteiger partial charge in [-0.2, -0.15) is 0 Å². The van der Waals surface area contributed by atoms with E-state index in [1.165, 1.54) is 4.88 Å². The van der Waals surface area contributed by atoms with Crippen molar-refractivity contribution in [2.24, 2.45) is 0 Å². The Labute approximate surface area is 137 Å². The Bertz CT molecular complexity index is 595. The van der Waals surface area contributed by atoms with Crippen LogP contribution in [0.1, 0.15) is 33.8 Å². The SMILES string of the molecule is Cc1ccc(C(=O)NCCNC(C)c2ccc(Br)s2)cc1. The molecule has 2 rings (SSSR count). The molecule has 1 amide bonds. The maximum absolute atomic E-state index is 11.9. The van der Waals surface area contributed by atoms with Crippen LogP contribution in [0.15, 0.2) is 40.2 Å². The number of hydrogen-bond donors (Lipinski definition) is 2. The summed E-state index contributed by atoms with van der Waals surface area (Å²) in [6.07, 6.45) is 0. The fraction of sp³-hybridized carbons (Fsp3) is 0.312. The molecule has 112 valence electrons. The van der Waals surface area contributed by atoms with E-state index in [2.05, 4.69) is 45.6 Å². The molecule has 0 aliphatic rings. The van der Waals surface area contributed by atoms with Crippen LogP contribution in [0.2, 0.25) is 0 Å². The first-order valence-electron chi connectivity index (χ1n) is 6.90. The highest BCUT2D eigenvalue weighted by Crippen LogP contribution is 2.26. The summed E-state index contributed by atoms with van der Waals surface area (Å²) in [5.41, 5.74) is 1.86. The topological polar surface area (TPSA) is 41.1 Å². The first-order valence-corrected chi connectivity index (χ1v) is 8.50. The number of aryl methyl sites for hydroxylation is 1. The molecule has 0 aliphatic heterocycles. The van der Waals surface area contributed by atoms with Crippen LogP contribution in [-0.2, 0) is 0 Å². The van der Waals surface area contributed by atoms with Gasteiger partial charge in [-0.3, -0.25) is 4.79 Å². The predicted molar refractivity (Wildman–Crippen MR) is 91.9 cm³/mol. The maximum Gasteiger partial charge on any atom is 0.251 e. The van der Waals surface area contributed by atoms with Gasteiger partial charge in [0.15, 0.2) is 0 Å². The Balaban J connectivity index is 1.72. The van der Waals surface area contributed by atoms with Crippen molar-refractivity contribution in [2.45, 2.75) is 19.9 Å². The van der Waals surface area contributed by atoms with Gasteiger partial charge in [0.2, 0.25) is 0 Å². The average Bonchev–Trinajstić information content (AvgIpc) is 2.90. The molecule has 1 unspecified atom stereocenters. The van der Waals surface area contributed by atoms with Gasteiger partial charge in [0.05, 0.1) is 3.79 Å². The van der Waals surface area contributed by atoms with Crippen molar-refractivity contribution in [1.29, 1.82) is 0 Å². The van der Waals surface area contributed by atoms with Crippen molar-refractivity contribution in [3.63, 3.8) is 0 Å². The van der Waals surface area contributed by atoms with Gasteiger partial charge in [-0.25, -0.2) is 0 Å². The Morgan fingerprint density at radius 2 is 1.90 bits per heavy atom. The van der Waals surface area contributed by atoms with Crippen molar-refractivity contribution in [1.82, 2.24) is 10.6 Å². The lowest BCUT2D eigenvalue weighted by atomic mass is 10.1. The van der Waals surface area contributed by atoms with Gasteiger partial charge in [0.1, 0.15) is 0 Å². The van der Waals surface area contributed by atoms with Gasteiger partial charge >= 0.3 is 0 Å². The monoisotopic (exact) mass is 366 g/mol. The van der Waals surface area contributed by atoms with Crippen molar-refractivity contribution >= 4 is 33.2 Å². The number of nitrogens with one attached hydrogen (secondary N) is 2. The molecule has 0 spiro atoms. The second-order valence-electron chi connectivity index (χ2n) is 4.94. The molecule has 1 aromatic carbocycles. The first-order chi connectivity index (χ1) is 10.1. The van der Waals surface area contributed by atoms with E-state index in [0.717, 1.165) is 15.9 Å². The Hall–Kier alpha value is -1.17. The number of carbonyl (C=O) groups is 1. The molecule has 1 heterocycles. The van der Waals surface area contributed by atoms with E-state index < -0.39 is 0 Å². The summed E-state index contributed by atoms with van der Waals surface area (Å²) in [5, 5.41) is 6.33. The molecule has 0 aliphatic carbocycles. The van der Waals surface area contributed by atoms with Crippen molar-refractivity contribution in [3.8, 4) is 0 Å². The molecular formula is C16H19BrN2OS. The summed E-state index contributed by atoms with van der Waals surface area (Å²) in [5.74, 6) is -0.0247. The molecule has 1 aromatic heterocycles. The van der Waals surface area contributed by atoms with Gasteiger partial charge in [0.25, 0.3) is 5.91 Å². The minimum Gasteiger partial charge on any atom is -0.351 e. The summed E-state index contributed by atoms with van der Waals surface area (Å²) in [6, 6.07) is 12.0. The quantitative estimate of drug-likeness (QED) is 0.761. The highest BCUT2D eigenvalue weighted by atomic mass is 79.9. The normalized spacial score (nSPS) is 12.1. The van der Waals surface area contributed by atoms with Crippen LogP contribution in [0.4, 0.5) is 0 Å². The van der Waals surface area contributed by atoms with Gasteiger partial charge in [-0.05, 0) is 54.0 Å². The van der Waals surface area contributed by atoms with Crippen LogP contribution in [0.25, 0.3) is 0 Å². The molecular weight excluding hydrogens is 348 g/mol. The van der Waals surface area contributed by atoms with Gasteiger partial charge in [-0.15, -0.1) is 11.3 Å². The summed E-state index contributed by atoms with van der Waals surface area (Å²) in [6.45, 7) is 5.49. The second-order valence-corrected chi connectivity index (χ2v) is 7.43. The van der Waals surface area contributed by atoms with Crippen LogP contribution in [-0.4, -0.2) is 19.0 Å². The minimum atomic E-state index is -0.0247. The predicted octanol–water partition coefficient (Wildman–Crippen LogP) is 3.90. The third kappa shape index (κ3) is 4.95. The van der Waals surface area contributed by atoms with E-state index >= 15 is 0 Å². The van der Waals surface area contributed by atoms with Crippen LogP contribution in [0.3, 0.4) is 0 Å². The molecule has 21 heavy (non-hydrogen) atoms. The van der Waals surface area contributed by atoms with Crippen molar-refractivity contribution in [3.05, 3.63) is 56.2 Å². The highest BCUT2D eigenvalue weighted by molar-refractivity contribution is 9.11. The van der Waals surface area contributed by atoms with Gasteiger partial charge < -0.3 is 10.6 Å². The zero-order chi connectivity index (χ0) is 15.2. The number of rotatable bonds is 6. The Kier molecular flexibility index (Phi) is 5.96. The number of halogens is 1. The van der Waals surface area contributed by atoms with E-state index in [-0.39, 0.29) is 11.9 Å². The molecule has 0 bridgehead atoms. The number of amides is 1. The van der Waals surface area contributed by atoms with E-state index in [9.17, 15) is 4.79 Å². The largest absolute Gasteiger partial charge is 0.351 e. The summed E-state index contributed by atoms with van der Waals surface area (Å²) in [4.78, 5) is 13.2. The van der Waals surface area contributed by atoms with Crippen molar-refractivity contribution in [2.75, 3.05) is 13.1 Å². The highest BCUT2D eigenvalue weighted by Gasteiger charge is 2.08. The number of hydrogen-bond acceptors (Lipinski definition) is 3. The van der Waals surface area contributed by atoms with E-state index in [0.29, 0.717) is 12.1 Å². The van der Waals surface area contributed by atoms with E-state index in [4.69, 9.17) is 0 Å². The minimum absolute atomic E-state index is 0.0247. The van der Waals surface area contributed by atoms with Gasteiger partial charge in [0, 0.05) is 29.6 Å². The van der Waals surface area contributed by atoms with Crippen molar-refractivity contribution < 1.29 is 4.79 Å². The zero-order valence-corrected chi connectivity index (χ0v) is 14.6. The summed E-state index contributed by atoms with van der Waals surface area (Å²) < 4.78 is 1.14. The number of thiophene rings is 1. The molecule has 1 atom stereocenters. The Morgan fingerprint density at radius 1 is 1.19 bits per heavy atom. The van der Waals surface area contributed by atoms with E-state index in [1.807, 2.05) is 31.2 Å². The smallest absolute Gasteiger partial charge is 0.251 e. The molecule has 3 nitrogen and oxygen atoms in total. The number of benzene rings is 1. The molecule has 0 fully saturated rings. The fourth-order valence-electron chi connectivity index (χ4n) is 1.93. The molecule has 5 heteroatoms. The molecule has 2 aromatic rings. The van der Waals surface area contributed by atoms with Crippen LogP contribution < -0.4 is 10.6 Å². The lowest BCUT2D eigenvalue weighted by Gasteiger charge is -2.12. The standard InChI is InChI=1S/C16H19BrN2OS/c1-11-3-5-13(6-4-11)16(20)19-10-9-18-12(2)14-7-8-15(17)21-14/h3-8,12,18H,9-10H2,1-2H3,(H,19,20). The second kappa shape index (κ2) is 7.73. The number of carbonyl (C=O) groups excluding carboxylic acids is 1. The first kappa shape index (κ1) is 16.2. The average molecular weight is 367 g/mol. The van der Waals surface area contributed by atoms with Gasteiger partial charge in [-0.1, -0.05) is 17.7 Å². The summed E-state index contributed by atoms with van der Waals surface area (Å²) in [7, 11) is 0. The zero-order valence-electron chi connectivity index (χ0n) is 12.2. The lowest BCUT2D eigenvalue weighted by molar-refractivity contribution is 0.0953. The lowest BCUT2D eigenvalue weighted by Crippen LogP contribution is -2.32. The maximum atomic E-state index is 11.9. The Morgan fingerprint density at radius 3 is 2.52 bits per heavy atom. The molecule has 0 saturated carbocycles. The third-order valence-electron chi connectivity index (χ3n) is 3.20. The molecule has 2 N–H and O–H groups in total. The summed E-state index contributed by atoms with van der Waals surface area (Å²) >= 11 is 5.19. The molecule has 0 radical (unpaired) electrons. The third-order valence-corrected chi connectivity index (χ3v) is 5.00. The van der Waals surface area contributed by atoms with Crippen LogP contribution in [0, 0.1) is 6.92 Å². The van der Waals surface area contributed by atoms with E-state index in [1.54, 1.807) is 11.3 Å². The molecule has 0 saturated heterocycles.